The van der Waals surface area contributed by atoms with Gasteiger partial charge in [0.1, 0.15) is 11.9 Å². The predicted octanol–water partition coefficient (Wildman–Crippen LogP) is 2.80. The van der Waals surface area contributed by atoms with Gasteiger partial charge in [0.05, 0.1) is 34.3 Å². The van der Waals surface area contributed by atoms with Crippen LogP contribution in [0, 0.1) is 0 Å². The summed E-state index contributed by atoms with van der Waals surface area (Å²) in [6.45, 7) is 1.88. The number of nitrogens with zero attached hydrogens (tertiary/aromatic N) is 2. The number of ether oxygens (including phenoxy) is 1. The Kier molecular flexibility index (Phi) is 9.35. The molecule has 0 spiro atoms. The highest BCUT2D eigenvalue weighted by molar-refractivity contribution is 7.89. The molecular weight excluding hydrogens is 516 g/mol. The van der Waals surface area contributed by atoms with Gasteiger partial charge in [-0.3, -0.25) is 18.9 Å². The van der Waals surface area contributed by atoms with E-state index in [9.17, 15) is 21.6 Å². The number of carboxylic acid groups (broad SMARTS) is 1. The van der Waals surface area contributed by atoms with E-state index in [1.807, 2.05) is 25.1 Å². The van der Waals surface area contributed by atoms with E-state index in [0.717, 1.165) is 5.69 Å². The van der Waals surface area contributed by atoms with Crippen molar-refractivity contribution in [1.29, 1.82) is 0 Å². The van der Waals surface area contributed by atoms with Crippen LogP contribution in [0.25, 0.3) is 11.0 Å². The Morgan fingerprint density at radius 3 is 2.32 bits per heavy atom. The Bertz CT molecular complexity index is 1310. The predicted molar refractivity (Wildman–Crippen MR) is 121 cm³/mol. The summed E-state index contributed by atoms with van der Waals surface area (Å²) < 4.78 is 66.5. The maximum atomic E-state index is 10.7. The number of hydrogen-bond donors (Lipinski definition) is 3. The van der Waals surface area contributed by atoms with Crippen molar-refractivity contribution in [2.45, 2.75) is 25.9 Å². The third-order valence-electron chi connectivity index (χ3n) is 4.18. The van der Waals surface area contributed by atoms with Crippen LogP contribution < -0.4 is 4.74 Å². The molecule has 34 heavy (non-hydrogen) atoms. The monoisotopic (exact) mass is 536 g/mol. The second kappa shape index (κ2) is 11.6. The van der Waals surface area contributed by atoms with E-state index in [1.54, 1.807) is 18.3 Å². The molecule has 2 aromatic heterocycles. The van der Waals surface area contributed by atoms with Gasteiger partial charge < -0.3 is 14.4 Å². The molecule has 1 aromatic carbocycles. The normalized spacial score (nSPS) is 12.6. The summed E-state index contributed by atoms with van der Waals surface area (Å²) in [5.74, 6) is -2.39. The zero-order valence-corrected chi connectivity index (χ0v) is 20.0. The van der Waals surface area contributed by atoms with Gasteiger partial charge in [-0.1, -0.05) is 22.8 Å². The molecule has 0 saturated heterocycles. The van der Waals surface area contributed by atoms with Gasteiger partial charge in [0, 0.05) is 24.1 Å². The van der Waals surface area contributed by atoms with Crippen LogP contribution in [0.1, 0.15) is 30.8 Å². The quantitative estimate of drug-likeness (QED) is 0.339. The van der Waals surface area contributed by atoms with Crippen LogP contribution in [0.5, 0.6) is 5.75 Å². The third kappa shape index (κ3) is 9.23. The summed E-state index contributed by atoms with van der Waals surface area (Å²) in [7, 11) is -8.59. The van der Waals surface area contributed by atoms with Gasteiger partial charge in [0.25, 0.3) is 20.2 Å². The summed E-state index contributed by atoms with van der Waals surface area (Å²) in [6.07, 6.45) is 1.68. The zero-order chi connectivity index (χ0) is 25.5. The highest BCUT2D eigenvalue weighted by atomic mass is 35.5. The summed E-state index contributed by atoms with van der Waals surface area (Å²) in [4.78, 5) is 14.9. The number of carboxylic acids is 1. The van der Waals surface area contributed by atoms with E-state index in [1.165, 1.54) is 0 Å². The van der Waals surface area contributed by atoms with Crippen molar-refractivity contribution in [2.24, 2.45) is 0 Å². The first kappa shape index (κ1) is 27.5. The molecule has 0 bridgehead atoms. The maximum Gasteiger partial charge on any atom is 0.303 e. The molecule has 2 heterocycles. The average molecular weight is 537 g/mol. The molecule has 186 valence electrons. The molecule has 0 aliphatic rings. The first-order valence-corrected chi connectivity index (χ1v) is 13.1. The van der Waals surface area contributed by atoms with Crippen molar-refractivity contribution in [3.05, 3.63) is 52.9 Å². The van der Waals surface area contributed by atoms with Crippen molar-refractivity contribution in [3.8, 4) is 5.75 Å². The molecule has 1 unspecified atom stereocenters. The Balaban J connectivity index is 0.000000347. The van der Waals surface area contributed by atoms with Gasteiger partial charge in [-0.15, -0.1) is 0 Å². The summed E-state index contributed by atoms with van der Waals surface area (Å²) in [5, 5.41) is 13.8. The van der Waals surface area contributed by atoms with Gasteiger partial charge in [-0.25, -0.2) is 0 Å². The second-order valence-corrected chi connectivity index (χ2v) is 10.4. The van der Waals surface area contributed by atoms with E-state index in [2.05, 4.69) is 10.1 Å². The van der Waals surface area contributed by atoms with Crippen molar-refractivity contribution in [1.82, 2.24) is 10.1 Å². The number of aliphatic carboxylic acids is 1. The fraction of sp³-hybridized carbons (Fsp3) is 0.316. The first-order valence-electron chi connectivity index (χ1n) is 9.52. The molecule has 1 atom stereocenters. The molecule has 3 rings (SSSR count). The summed E-state index contributed by atoms with van der Waals surface area (Å²) in [5.41, 5.74) is 1.86. The van der Waals surface area contributed by atoms with Crippen LogP contribution in [0.15, 0.2) is 41.1 Å². The molecule has 3 N–H and O–H groups in total. The fourth-order valence-electron chi connectivity index (χ4n) is 2.56. The van der Waals surface area contributed by atoms with E-state index in [4.69, 9.17) is 35.1 Å². The van der Waals surface area contributed by atoms with Crippen LogP contribution in [-0.2, 0) is 31.5 Å². The number of carbonyl (C=O) groups is 1. The van der Waals surface area contributed by atoms with Gasteiger partial charge in [-0.2, -0.15) is 16.8 Å². The molecular formula is C19H21ClN2O10S2. The molecule has 3 aromatic rings. The van der Waals surface area contributed by atoms with Gasteiger partial charge >= 0.3 is 5.97 Å². The highest BCUT2D eigenvalue weighted by Crippen LogP contribution is 2.34. The molecule has 0 aliphatic heterocycles. The molecule has 15 heteroatoms. The number of fused-ring (bicyclic) bond motifs is 1. The lowest BCUT2D eigenvalue weighted by molar-refractivity contribution is -0.136. The lowest BCUT2D eigenvalue weighted by Gasteiger charge is -2.15. The first-order chi connectivity index (χ1) is 15.7. The minimum atomic E-state index is -4.30. The van der Waals surface area contributed by atoms with E-state index >= 15 is 0 Å². The van der Waals surface area contributed by atoms with Crippen molar-refractivity contribution in [3.63, 3.8) is 0 Å². The fourth-order valence-corrected chi connectivity index (χ4v) is 4.46. The molecule has 0 saturated carbocycles. The van der Waals surface area contributed by atoms with Gasteiger partial charge in [0.2, 0.25) is 0 Å². The Labute approximate surface area is 200 Å². The van der Waals surface area contributed by atoms with E-state index < -0.39 is 37.7 Å². The Morgan fingerprint density at radius 1 is 1.15 bits per heavy atom. The molecule has 0 fully saturated rings. The average Bonchev–Trinajstić information content (AvgIpc) is 3.13. The molecule has 0 aliphatic carbocycles. The molecule has 0 radical (unpaired) electrons. The minimum absolute atomic E-state index is 0.0196. The standard InChI is InChI=1S/C17H15ClN2O4.C2H6O6S2/c1-10(13-4-2-3-7-19-13)23-16-9-15-11(8-12(16)18)14(20-24-15)5-6-17(21)22;3-9(4,5)1-2-10(6,7)8/h2-4,7-10H,5-6H2,1H3,(H,21,22);1-2H2,(H,3,4,5)(H,6,7,8). The summed E-state index contributed by atoms with van der Waals surface area (Å²) in [6, 6.07) is 8.94. The molecule has 0 amide bonds. The van der Waals surface area contributed by atoms with Gasteiger partial charge in [-0.05, 0) is 25.1 Å². The lowest BCUT2D eigenvalue weighted by atomic mass is 10.1. The Morgan fingerprint density at radius 2 is 1.79 bits per heavy atom. The van der Waals surface area contributed by atoms with E-state index in [0.29, 0.717) is 27.4 Å². The van der Waals surface area contributed by atoms with Crippen LogP contribution in [0.3, 0.4) is 0 Å². The number of aryl methyl sites for hydroxylation is 1. The van der Waals surface area contributed by atoms with Crippen LogP contribution in [0.4, 0.5) is 0 Å². The smallest absolute Gasteiger partial charge is 0.303 e. The number of benzene rings is 1. The number of hydrogen-bond acceptors (Lipinski definition) is 9. The largest absolute Gasteiger partial charge is 0.483 e. The number of halogens is 1. The van der Waals surface area contributed by atoms with E-state index in [-0.39, 0.29) is 18.9 Å². The maximum absolute atomic E-state index is 10.7. The topological polar surface area (TPSA) is 194 Å². The number of aromatic nitrogens is 2. The van der Waals surface area contributed by atoms with Crippen LogP contribution in [-0.4, -0.2) is 58.7 Å². The minimum Gasteiger partial charge on any atom is -0.483 e. The second-order valence-electron chi connectivity index (χ2n) is 6.89. The van der Waals surface area contributed by atoms with Crippen molar-refractivity contribution >= 4 is 48.8 Å². The lowest BCUT2D eigenvalue weighted by Crippen LogP contribution is -2.15. The highest BCUT2D eigenvalue weighted by Gasteiger charge is 2.16. The number of pyridine rings is 1. The van der Waals surface area contributed by atoms with Gasteiger partial charge in [0.15, 0.2) is 5.58 Å². The van der Waals surface area contributed by atoms with Crippen molar-refractivity contribution < 1.29 is 45.1 Å². The Hall–Kier alpha value is -2.78. The molecule has 12 nitrogen and oxygen atoms in total. The third-order valence-corrected chi connectivity index (χ3v) is 6.18. The van der Waals surface area contributed by atoms with Crippen LogP contribution in [0.2, 0.25) is 5.02 Å². The summed E-state index contributed by atoms with van der Waals surface area (Å²) >= 11 is 6.30. The van der Waals surface area contributed by atoms with Crippen molar-refractivity contribution in [2.75, 3.05) is 11.5 Å². The zero-order valence-electron chi connectivity index (χ0n) is 17.7. The SMILES string of the molecule is CC(Oc1cc2onc(CCC(=O)O)c2cc1Cl)c1ccccn1.O=S(=O)(O)CCS(=O)(=O)O. The number of rotatable bonds is 9. The van der Waals surface area contributed by atoms with Crippen LogP contribution >= 0.6 is 11.6 Å².